The molecule has 22 heteroatoms. The van der Waals surface area contributed by atoms with Crippen molar-refractivity contribution < 1.29 is 52.6 Å². The van der Waals surface area contributed by atoms with E-state index >= 15 is 0 Å². The van der Waals surface area contributed by atoms with Crippen molar-refractivity contribution in [3.8, 4) is 0 Å². The summed E-state index contributed by atoms with van der Waals surface area (Å²) in [6.07, 6.45) is 3.67. The second kappa shape index (κ2) is 34.7. The van der Waals surface area contributed by atoms with Gasteiger partial charge in [0.2, 0.25) is 35.4 Å². The van der Waals surface area contributed by atoms with Gasteiger partial charge in [0.25, 0.3) is 5.91 Å². The molecule has 1 aromatic carbocycles. The summed E-state index contributed by atoms with van der Waals surface area (Å²) < 4.78 is 16.3. The van der Waals surface area contributed by atoms with Crippen LogP contribution in [0.3, 0.4) is 0 Å². The normalized spacial score (nSPS) is 14.7. The zero-order chi connectivity index (χ0) is 58.0. The summed E-state index contributed by atoms with van der Waals surface area (Å²) in [4.78, 5) is 115. The van der Waals surface area contributed by atoms with E-state index in [-0.39, 0.29) is 67.7 Å². The molecule has 20 nitrogen and oxygen atoms in total. The number of hydrogen-bond donors (Lipinski definition) is 6. The number of ether oxygens (including phenoxy) is 3. The van der Waals surface area contributed by atoms with Crippen LogP contribution >= 0.6 is 23.1 Å². The molecule has 0 saturated carbocycles. The molecule has 0 radical (unpaired) electrons. The highest BCUT2D eigenvalue weighted by atomic mass is 32.2. The van der Waals surface area contributed by atoms with E-state index in [1.807, 2.05) is 65.1 Å². The van der Waals surface area contributed by atoms with E-state index in [1.54, 1.807) is 64.2 Å². The van der Waals surface area contributed by atoms with Crippen LogP contribution in [-0.4, -0.2) is 171 Å². The Kier molecular flexibility index (Phi) is 30.6. The third-order valence-electron chi connectivity index (χ3n) is 13.8. The van der Waals surface area contributed by atoms with E-state index in [1.165, 1.54) is 25.6 Å². The monoisotopic (exact) mass is 1120 g/mol. The SMILES string of the molecule is CCC(C)[C@H](NC(=O)C(C)(C)N(C)C)C(=O)N(C)[C@H](C[C@@H](OC(C)=O)c1nc(C(=O)N[C@@H](Cc2ccc(C)cc2)CC(C)C(=O)NC(C)C(=O)NC(CCCCNC(=O)CSC)C(=O)NCCOCCOC)cs1)C(C)C. The lowest BCUT2D eigenvalue weighted by Gasteiger charge is -2.38. The number of carbonyl (C=O) groups excluding carboxylic acids is 8. The Morgan fingerprint density at radius 3 is 2.09 bits per heavy atom. The molecule has 6 N–H and O–H groups in total. The van der Waals surface area contributed by atoms with Gasteiger partial charge in [0.15, 0.2) is 6.10 Å². The Bertz CT molecular complexity index is 2190. The van der Waals surface area contributed by atoms with Crippen molar-refractivity contribution in [3.63, 3.8) is 0 Å². The molecular formula is C55H91N9O11S2. The molecule has 2 rings (SSSR count). The fraction of sp³-hybridized carbons (Fsp3) is 0.691. The molecule has 1 aromatic heterocycles. The summed E-state index contributed by atoms with van der Waals surface area (Å²) in [7, 11) is 6.86. The van der Waals surface area contributed by atoms with Crippen LogP contribution < -0.4 is 31.9 Å². The van der Waals surface area contributed by atoms with Gasteiger partial charge in [-0.1, -0.05) is 70.9 Å². The summed E-state index contributed by atoms with van der Waals surface area (Å²) in [5.41, 5.74) is 1.16. The lowest BCUT2D eigenvalue weighted by Crippen LogP contribution is -2.60. The Morgan fingerprint density at radius 1 is 0.818 bits per heavy atom. The van der Waals surface area contributed by atoms with Crippen molar-refractivity contribution >= 4 is 70.4 Å². The molecule has 0 aliphatic heterocycles. The number of amides is 7. The van der Waals surface area contributed by atoms with Gasteiger partial charge in [-0.25, -0.2) is 4.98 Å². The van der Waals surface area contributed by atoms with Crippen molar-refractivity contribution in [2.45, 2.75) is 156 Å². The highest BCUT2D eigenvalue weighted by Crippen LogP contribution is 2.31. The smallest absolute Gasteiger partial charge is 0.303 e. The standard InChI is InChI=1S/C55H91N9O11S2/c1-16-36(5)47(62-54(72)55(9,10)63(11)12)53(71)64(13)44(34(2)3)31-45(75-39(8)65)52-61-43(32-77-52)51(70)59-41(30-40-22-20-35(4)21-23-40)29-37(6)48(67)58-38(7)49(68)60-42(19-17-18-24-56-46(66)33-76-15)50(69)57-25-26-74-28-27-73-14/h20-23,32,34,36-38,41-42,44-45,47H,16-19,24-31,33H2,1-15H3,(H,56,66)(H,57,69)(H,58,67)(H,59,70)(H,60,68)(H,62,72)/t36?,37?,38?,41-,42?,44-,45-,47+/m1/s1. The van der Waals surface area contributed by atoms with Crippen molar-refractivity contribution in [1.29, 1.82) is 0 Å². The first-order valence-corrected chi connectivity index (χ1v) is 29.0. The third-order valence-corrected chi connectivity index (χ3v) is 15.2. The van der Waals surface area contributed by atoms with Crippen molar-refractivity contribution in [3.05, 3.63) is 51.5 Å². The Balaban J connectivity index is 2.30. The van der Waals surface area contributed by atoms with Gasteiger partial charge in [0.1, 0.15) is 28.8 Å². The minimum atomic E-state index is -1.02. The zero-order valence-corrected chi connectivity index (χ0v) is 50.1. The van der Waals surface area contributed by atoms with Crippen LogP contribution in [0.25, 0.3) is 0 Å². The molecule has 434 valence electrons. The van der Waals surface area contributed by atoms with Crippen LogP contribution in [0, 0.1) is 24.7 Å². The molecule has 8 atom stereocenters. The largest absolute Gasteiger partial charge is 0.455 e. The summed E-state index contributed by atoms with van der Waals surface area (Å²) in [5, 5.41) is 19.3. The van der Waals surface area contributed by atoms with Crippen LogP contribution in [0.1, 0.15) is 134 Å². The lowest BCUT2D eigenvalue weighted by molar-refractivity contribution is -0.149. The van der Waals surface area contributed by atoms with Crippen molar-refractivity contribution in [2.75, 3.05) is 73.2 Å². The van der Waals surface area contributed by atoms with Gasteiger partial charge in [-0.3, -0.25) is 43.3 Å². The second-order valence-electron chi connectivity index (χ2n) is 20.9. The van der Waals surface area contributed by atoms with Crippen LogP contribution in [0.2, 0.25) is 0 Å². The van der Waals surface area contributed by atoms with Gasteiger partial charge >= 0.3 is 5.97 Å². The molecule has 4 unspecified atom stereocenters. The maximum atomic E-state index is 14.4. The number of thiazole rings is 1. The molecular weight excluding hydrogens is 1030 g/mol. The summed E-state index contributed by atoms with van der Waals surface area (Å²) >= 11 is 2.57. The number of rotatable bonds is 36. The first kappa shape index (κ1) is 67.9. The van der Waals surface area contributed by atoms with Gasteiger partial charge in [-0.2, -0.15) is 11.8 Å². The number of esters is 1. The minimum absolute atomic E-state index is 0.0737. The van der Waals surface area contributed by atoms with E-state index < -0.39 is 77.4 Å². The van der Waals surface area contributed by atoms with Crippen LogP contribution in [0.4, 0.5) is 0 Å². The maximum absolute atomic E-state index is 14.4. The maximum Gasteiger partial charge on any atom is 0.303 e. The van der Waals surface area contributed by atoms with Crippen LogP contribution in [0.5, 0.6) is 0 Å². The molecule has 2 aromatic rings. The molecule has 1 heterocycles. The molecule has 0 bridgehead atoms. The fourth-order valence-corrected chi connectivity index (χ4v) is 9.31. The van der Waals surface area contributed by atoms with Crippen LogP contribution in [0.15, 0.2) is 29.6 Å². The van der Waals surface area contributed by atoms with E-state index in [0.717, 1.165) is 22.5 Å². The average molecular weight is 1120 g/mol. The highest BCUT2D eigenvalue weighted by Gasteiger charge is 2.39. The van der Waals surface area contributed by atoms with E-state index in [4.69, 9.17) is 14.2 Å². The number of aryl methyl sites for hydroxylation is 1. The number of benzene rings is 1. The lowest BCUT2D eigenvalue weighted by atomic mass is 9.92. The Labute approximate surface area is 466 Å². The van der Waals surface area contributed by atoms with Gasteiger partial charge < -0.3 is 51.0 Å². The van der Waals surface area contributed by atoms with E-state index in [9.17, 15) is 38.4 Å². The number of hydrogen-bond acceptors (Lipinski definition) is 15. The molecule has 77 heavy (non-hydrogen) atoms. The van der Waals surface area contributed by atoms with Crippen molar-refractivity contribution in [1.82, 2.24) is 46.7 Å². The third kappa shape index (κ3) is 23.8. The predicted octanol–water partition coefficient (Wildman–Crippen LogP) is 4.59. The quantitative estimate of drug-likeness (QED) is 0.0404. The predicted molar refractivity (Wildman–Crippen MR) is 302 cm³/mol. The molecule has 0 saturated heterocycles. The zero-order valence-electron chi connectivity index (χ0n) is 48.4. The number of nitrogens with zero attached hydrogens (tertiary/aromatic N) is 3. The van der Waals surface area contributed by atoms with Gasteiger partial charge in [0.05, 0.1) is 31.1 Å². The fourth-order valence-electron chi connectivity index (χ4n) is 8.10. The topological polar surface area (TPSA) is 256 Å². The number of aromatic nitrogens is 1. The molecule has 7 amide bonds. The minimum Gasteiger partial charge on any atom is -0.455 e. The number of carbonyl (C=O) groups is 8. The molecule has 0 spiro atoms. The molecule has 0 fully saturated rings. The number of unbranched alkanes of at least 4 members (excludes halogenated alkanes) is 1. The number of thioether (sulfide) groups is 1. The highest BCUT2D eigenvalue weighted by molar-refractivity contribution is 7.99. The van der Waals surface area contributed by atoms with E-state index in [0.29, 0.717) is 56.2 Å². The summed E-state index contributed by atoms with van der Waals surface area (Å²) in [6, 6.07) is 4.03. The molecule has 0 aliphatic carbocycles. The van der Waals surface area contributed by atoms with E-state index in [2.05, 4.69) is 36.9 Å². The molecule has 0 aliphatic rings. The number of methoxy groups -OCH3 is 1. The van der Waals surface area contributed by atoms with Crippen molar-refractivity contribution in [2.24, 2.45) is 17.8 Å². The van der Waals surface area contributed by atoms with Gasteiger partial charge in [0, 0.05) is 64.0 Å². The summed E-state index contributed by atoms with van der Waals surface area (Å²) in [6.45, 7) is 19.5. The summed E-state index contributed by atoms with van der Waals surface area (Å²) in [5.74, 6) is -3.79. The first-order chi connectivity index (χ1) is 36.3. The second-order valence-corrected chi connectivity index (χ2v) is 22.7. The Morgan fingerprint density at radius 2 is 1.49 bits per heavy atom. The number of nitrogens with one attached hydrogen (secondary N) is 6. The van der Waals surface area contributed by atoms with Gasteiger partial charge in [-0.15, -0.1) is 11.3 Å². The van der Waals surface area contributed by atoms with Crippen LogP contribution in [-0.2, 0) is 54.2 Å². The average Bonchev–Trinajstić information content (AvgIpc) is 3.88. The Hall–Kier alpha value is -5.16. The number of likely N-dealkylation sites (N-methyl/N-ethyl adjacent to an activating group) is 2. The van der Waals surface area contributed by atoms with Gasteiger partial charge in [-0.05, 0) is 97.5 Å². The first-order valence-electron chi connectivity index (χ1n) is 26.7.